The zero-order valence-electron chi connectivity index (χ0n) is 20.5. The van der Waals surface area contributed by atoms with Gasteiger partial charge in [-0.15, -0.1) is 0 Å². The topological polar surface area (TPSA) is 41.5 Å². The lowest BCUT2D eigenvalue weighted by Crippen LogP contribution is -2.63. The first-order chi connectivity index (χ1) is 14.6. The van der Waals surface area contributed by atoms with Crippen molar-refractivity contribution >= 4 is 12.1 Å². The van der Waals surface area contributed by atoms with Crippen molar-refractivity contribution in [2.75, 3.05) is 13.1 Å². The Balaban J connectivity index is 2.09. The van der Waals surface area contributed by atoms with Crippen LogP contribution in [0.5, 0.6) is 0 Å². The second-order valence-electron chi connectivity index (χ2n) is 9.18. The molecule has 0 saturated carbocycles. The fourth-order valence-corrected chi connectivity index (χ4v) is 4.74. The van der Waals surface area contributed by atoms with Crippen LogP contribution in [0.1, 0.15) is 118 Å². The molecule has 0 radical (unpaired) electrons. The zero-order valence-corrected chi connectivity index (χ0v) is 20.5. The van der Waals surface area contributed by atoms with Gasteiger partial charge in [0.1, 0.15) is 6.54 Å². The van der Waals surface area contributed by atoms with Crippen LogP contribution in [0.4, 0.5) is 0 Å². The molecule has 0 aromatic heterocycles. The quantitative estimate of drug-likeness (QED) is 0.149. The number of nitrogens with one attached hydrogen (secondary N) is 1. The van der Waals surface area contributed by atoms with E-state index in [1.165, 1.54) is 83.5 Å². The van der Waals surface area contributed by atoms with Gasteiger partial charge in [0, 0.05) is 20.3 Å². The van der Waals surface area contributed by atoms with E-state index < -0.39 is 0 Å². The van der Waals surface area contributed by atoms with Crippen LogP contribution in [0.2, 0.25) is 0 Å². The van der Waals surface area contributed by atoms with Crippen LogP contribution in [0.15, 0.2) is 17.1 Å². The number of carbonyl (C=O) groups is 1. The number of unbranched alkanes of at least 4 members (excludes halogenated alkanes) is 12. The molecule has 3 atom stereocenters. The Morgan fingerprint density at radius 1 is 1.00 bits per heavy atom. The SMILES string of the molecule is CCCCCCCCCCCCCC/C=C/CC1N=CC[N+]1(CC)C(C)NC(C)=O. The molecule has 1 heterocycles. The monoisotopic (exact) mass is 420 g/mol. The molecule has 0 fully saturated rings. The van der Waals surface area contributed by atoms with Crippen molar-refractivity contribution in [2.45, 2.75) is 130 Å². The largest absolute Gasteiger partial charge is 0.307 e. The molecule has 0 saturated heterocycles. The van der Waals surface area contributed by atoms with Gasteiger partial charge in [0.05, 0.1) is 12.8 Å². The number of quaternary nitrogens is 1. The Bertz CT molecular complexity index is 503. The van der Waals surface area contributed by atoms with Gasteiger partial charge in [0.25, 0.3) is 0 Å². The van der Waals surface area contributed by atoms with Gasteiger partial charge in [-0.25, -0.2) is 4.99 Å². The van der Waals surface area contributed by atoms with Crippen LogP contribution in [-0.2, 0) is 4.79 Å². The van der Waals surface area contributed by atoms with Gasteiger partial charge in [0.2, 0.25) is 5.91 Å². The molecular formula is C26H50N3O+. The van der Waals surface area contributed by atoms with Crippen LogP contribution in [-0.4, -0.2) is 42.0 Å². The predicted molar refractivity (Wildman–Crippen MR) is 131 cm³/mol. The van der Waals surface area contributed by atoms with Crippen molar-refractivity contribution in [1.82, 2.24) is 5.32 Å². The number of aliphatic imine (C=N–C) groups is 1. The Hall–Kier alpha value is -1.16. The minimum atomic E-state index is 0.0432. The summed E-state index contributed by atoms with van der Waals surface area (Å²) in [6, 6.07) is 0. The third-order valence-corrected chi connectivity index (χ3v) is 6.80. The Morgan fingerprint density at radius 2 is 1.57 bits per heavy atom. The standard InChI is InChI=1S/C26H49N3O/c1-5-7-8-9-10-11-12-13-14-15-16-17-18-19-20-21-26-27-22-23-29(26,6-2)24(3)28-25(4)30/h19-20,22,24,26H,5-18,21,23H2,1-4H3/p+1/b20-19+. The average Bonchev–Trinajstić information content (AvgIpc) is 3.14. The van der Waals surface area contributed by atoms with Crippen molar-refractivity contribution in [3.05, 3.63) is 12.2 Å². The number of amides is 1. The van der Waals surface area contributed by atoms with E-state index in [4.69, 9.17) is 4.99 Å². The summed E-state index contributed by atoms with van der Waals surface area (Å²) in [5, 5.41) is 3.09. The predicted octanol–water partition coefficient (Wildman–Crippen LogP) is 6.75. The fourth-order valence-electron chi connectivity index (χ4n) is 4.74. The van der Waals surface area contributed by atoms with E-state index in [2.05, 4.69) is 38.2 Å². The molecule has 4 heteroatoms. The summed E-state index contributed by atoms with van der Waals surface area (Å²) in [5.74, 6) is 0.0432. The molecule has 1 amide bonds. The second-order valence-corrected chi connectivity index (χ2v) is 9.18. The van der Waals surface area contributed by atoms with Crippen molar-refractivity contribution in [3.63, 3.8) is 0 Å². The molecule has 1 aliphatic rings. The van der Waals surface area contributed by atoms with E-state index in [9.17, 15) is 4.79 Å². The van der Waals surface area contributed by atoms with Gasteiger partial charge in [-0.2, -0.15) is 0 Å². The Morgan fingerprint density at radius 3 is 2.10 bits per heavy atom. The summed E-state index contributed by atoms with van der Waals surface area (Å²) in [5.41, 5.74) is 0. The van der Waals surface area contributed by atoms with Gasteiger partial charge in [0.15, 0.2) is 12.3 Å². The van der Waals surface area contributed by atoms with Crippen molar-refractivity contribution in [2.24, 2.45) is 4.99 Å². The maximum atomic E-state index is 11.5. The second kappa shape index (κ2) is 16.5. The Kier molecular flexibility index (Phi) is 14.8. The molecule has 174 valence electrons. The lowest BCUT2D eigenvalue weighted by molar-refractivity contribution is -0.958. The van der Waals surface area contributed by atoms with E-state index in [-0.39, 0.29) is 18.2 Å². The molecule has 0 spiro atoms. The number of carbonyl (C=O) groups excluding carboxylic acids is 1. The van der Waals surface area contributed by atoms with Crippen LogP contribution in [0, 0.1) is 0 Å². The first-order valence-corrected chi connectivity index (χ1v) is 12.9. The highest BCUT2D eigenvalue weighted by atomic mass is 16.1. The Labute approximate surface area is 187 Å². The number of allylic oxidation sites excluding steroid dienone is 1. The molecule has 3 unspecified atom stereocenters. The van der Waals surface area contributed by atoms with Gasteiger partial charge in [-0.1, -0.05) is 89.7 Å². The molecule has 0 aromatic rings. The first kappa shape index (κ1) is 26.9. The summed E-state index contributed by atoms with van der Waals surface area (Å²) in [7, 11) is 0. The maximum Gasteiger partial charge on any atom is 0.221 e. The molecule has 1 rings (SSSR count). The van der Waals surface area contributed by atoms with E-state index in [0.717, 1.165) is 24.0 Å². The zero-order chi connectivity index (χ0) is 22.1. The molecule has 0 bridgehead atoms. The highest BCUT2D eigenvalue weighted by molar-refractivity contribution is 5.73. The maximum absolute atomic E-state index is 11.5. The van der Waals surface area contributed by atoms with Crippen LogP contribution >= 0.6 is 0 Å². The molecule has 0 aromatic carbocycles. The van der Waals surface area contributed by atoms with Crippen molar-refractivity contribution < 1.29 is 9.28 Å². The molecule has 1 N–H and O–H groups in total. The smallest absolute Gasteiger partial charge is 0.221 e. The van der Waals surface area contributed by atoms with E-state index in [1.807, 2.05) is 6.21 Å². The minimum Gasteiger partial charge on any atom is -0.307 e. The third-order valence-electron chi connectivity index (χ3n) is 6.80. The van der Waals surface area contributed by atoms with Gasteiger partial charge in [-0.05, 0) is 19.8 Å². The van der Waals surface area contributed by atoms with Crippen LogP contribution in [0.3, 0.4) is 0 Å². The van der Waals surface area contributed by atoms with Crippen LogP contribution < -0.4 is 5.32 Å². The highest BCUT2D eigenvalue weighted by Crippen LogP contribution is 2.25. The number of hydrogen-bond acceptors (Lipinski definition) is 2. The summed E-state index contributed by atoms with van der Waals surface area (Å²) in [6.07, 6.45) is 26.0. The molecular weight excluding hydrogens is 370 g/mol. The normalized spacial score (nSPS) is 22.1. The summed E-state index contributed by atoms with van der Waals surface area (Å²) in [6.45, 7) is 10.1. The van der Waals surface area contributed by atoms with Gasteiger partial charge < -0.3 is 5.32 Å². The fraction of sp³-hybridized carbons (Fsp3) is 0.846. The summed E-state index contributed by atoms with van der Waals surface area (Å²) >= 11 is 0. The highest BCUT2D eigenvalue weighted by Gasteiger charge is 2.42. The van der Waals surface area contributed by atoms with Gasteiger partial charge >= 0.3 is 0 Å². The van der Waals surface area contributed by atoms with E-state index in [0.29, 0.717) is 0 Å². The lowest BCUT2D eigenvalue weighted by Gasteiger charge is -2.42. The van der Waals surface area contributed by atoms with E-state index in [1.54, 1.807) is 6.92 Å². The number of nitrogens with zero attached hydrogens (tertiary/aromatic N) is 2. The lowest BCUT2D eigenvalue weighted by atomic mass is 10.0. The van der Waals surface area contributed by atoms with E-state index >= 15 is 0 Å². The molecule has 1 aliphatic heterocycles. The van der Waals surface area contributed by atoms with Crippen molar-refractivity contribution in [1.29, 1.82) is 0 Å². The number of hydrogen-bond donors (Lipinski definition) is 1. The third kappa shape index (κ3) is 10.2. The molecule has 4 nitrogen and oxygen atoms in total. The molecule has 0 aliphatic carbocycles. The summed E-state index contributed by atoms with van der Waals surface area (Å²) in [4.78, 5) is 16.2. The van der Waals surface area contributed by atoms with Crippen LogP contribution in [0.25, 0.3) is 0 Å². The minimum absolute atomic E-state index is 0.0432. The van der Waals surface area contributed by atoms with Gasteiger partial charge in [-0.3, -0.25) is 9.28 Å². The number of rotatable bonds is 18. The average molecular weight is 421 g/mol. The molecule has 30 heavy (non-hydrogen) atoms. The summed E-state index contributed by atoms with van der Waals surface area (Å²) < 4.78 is 0.836. The first-order valence-electron chi connectivity index (χ1n) is 12.9. The van der Waals surface area contributed by atoms with Crippen molar-refractivity contribution in [3.8, 4) is 0 Å².